The summed E-state index contributed by atoms with van der Waals surface area (Å²) in [5.74, 6) is -0.327. The summed E-state index contributed by atoms with van der Waals surface area (Å²) in [4.78, 5) is 23.2. The topological polar surface area (TPSA) is 87.7 Å². The van der Waals surface area contributed by atoms with Gasteiger partial charge in [-0.3, -0.25) is 9.59 Å². The van der Waals surface area contributed by atoms with E-state index in [4.69, 9.17) is 16.3 Å². The molecule has 3 rings (SSSR count). The molecule has 0 radical (unpaired) electrons. The smallest absolute Gasteiger partial charge is 0.259 e. The number of phenols is 1. The highest BCUT2D eigenvalue weighted by Crippen LogP contribution is 2.32. The quantitative estimate of drug-likeness (QED) is 0.377. The molecule has 0 aliphatic heterocycles. The van der Waals surface area contributed by atoms with Crippen molar-refractivity contribution < 1.29 is 19.4 Å². The molecule has 0 aliphatic rings. The monoisotopic (exact) mass is 410 g/mol. The van der Waals surface area contributed by atoms with E-state index >= 15 is 0 Å². The number of carbonyl (C=O) groups is 2. The third-order valence-corrected chi connectivity index (χ3v) is 4.35. The molecule has 0 saturated carbocycles. The van der Waals surface area contributed by atoms with Crippen molar-refractivity contribution in [1.29, 1.82) is 0 Å². The summed E-state index contributed by atoms with van der Waals surface area (Å²) >= 11 is 5.97. The average Bonchev–Trinajstić information content (AvgIpc) is 2.72. The number of aromatic hydroxyl groups is 1. The molecule has 7 heteroatoms. The lowest BCUT2D eigenvalue weighted by molar-refractivity contribution is -0.105. The van der Waals surface area contributed by atoms with Gasteiger partial charge in [0.15, 0.2) is 5.75 Å². The zero-order chi connectivity index (χ0) is 20.6. The van der Waals surface area contributed by atoms with Crippen LogP contribution in [-0.4, -0.2) is 24.0 Å². The van der Waals surface area contributed by atoms with Gasteiger partial charge in [0.1, 0.15) is 5.75 Å². The largest absolute Gasteiger partial charge is 0.505 e. The summed E-state index contributed by atoms with van der Waals surface area (Å²) in [7, 11) is 0. The van der Waals surface area contributed by atoms with E-state index in [2.05, 4.69) is 10.6 Å². The number of ether oxygens (including phenoxy) is 1. The Bertz CT molecular complexity index is 1010. The minimum Gasteiger partial charge on any atom is -0.505 e. The van der Waals surface area contributed by atoms with Crippen LogP contribution >= 0.6 is 11.6 Å². The SMILES string of the molecule is O=CNc1cc(Cl)cc(C(=O)Nc2cccc(OCCc3ccccc3)c2)c1O. The van der Waals surface area contributed by atoms with Crippen molar-refractivity contribution in [2.75, 3.05) is 17.2 Å². The summed E-state index contributed by atoms with van der Waals surface area (Å²) in [6.07, 6.45) is 1.16. The van der Waals surface area contributed by atoms with E-state index in [1.54, 1.807) is 24.3 Å². The Morgan fingerprint density at radius 1 is 1.07 bits per heavy atom. The van der Waals surface area contributed by atoms with E-state index in [-0.39, 0.29) is 22.0 Å². The lowest BCUT2D eigenvalue weighted by Crippen LogP contribution is -2.13. The van der Waals surface area contributed by atoms with Crippen LogP contribution in [0.4, 0.5) is 11.4 Å². The third-order valence-electron chi connectivity index (χ3n) is 4.13. The number of benzene rings is 3. The van der Waals surface area contributed by atoms with Crippen molar-refractivity contribution in [3.05, 3.63) is 82.9 Å². The maximum absolute atomic E-state index is 12.6. The Kier molecular flexibility index (Phi) is 6.71. The summed E-state index contributed by atoms with van der Waals surface area (Å²) < 4.78 is 5.76. The molecule has 0 fully saturated rings. The first kappa shape index (κ1) is 20.2. The fourth-order valence-electron chi connectivity index (χ4n) is 2.74. The summed E-state index contributed by atoms with van der Waals surface area (Å²) in [5.41, 5.74) is 1.66. The van der Waals surface area contributed by atoms with Gasteiger partial charge in [-0.25, -0.2) is 0 Å². The lowest BCUT2D eigenvalue weighted by atomic mass is 10.1. The number of anilines is 2. The second-order valence-electron chi connectivity index (χ2n) is 6.18. The van der Waals surface area contributed by atoms with Gasteiger partial charge in [-0.2, -0.15) is 0 Å². The van der Waals surface area contributed by atoms with Crippen LogP contribution in [0, 0.1) is 0 Å². The molecule has 0 aliphatic carbocycles. The van der Waals surface area contributed by atoms with Gasteiger partial charge in [0.05, 0.1) is 17.9 Å². The first-order chi connectivity index (χ1) is 14.1. The molecule has 29 heavy (non-hydrogen) atoms. The molecule has 3 aromatic rings. The highest BCUT2D eigenvalue weighted by atomic mass is 35.5. The van der Waals surface area contributed by atoms with Crippen molar-refractivity contribution in [2.45, 2.75) is 6.42 Å². The predicted molar refractivity (Wildman–Crippen MR) is 113 cm³/mol. The summed E-state index contributed by atoms with van der Waals surface area (Å²) in [5, 5.41) is 15.4. The molecule has 0 atom stereocenters. The second-order valence-corrected chi connectivity index (χ2v) is 6.61. The van der Waals surface area contributed by atoms with Gasteiger partial charge >= 0.3 is 0 Å². The van der Waals surface area contributed by atoms with Crippen molar-refractivity contribution in [2.24, 2.45) is 0 Å². The van der Waals surface area contributed by atoms with Crippen molar-refractivity contribution in [3.63, 3.8) is 0 Å². The fourth-order valence-corrected chi connectivity index (χ4v) is 2.96. The molecular weight excluding hydrogens is 392 g/mol. The van der Waals surface area contributed by atoms with E-state index in [0.29, 0.717) is 24.5 Å². The molecule has 0 saturated heterocycles. The molecule has 6 nitrogen and oxygen atoms in total. The van der Waals surface area contributed by atoms with Crippen LogP contribution in [0.1, 0.15) is 15.9 Å². The van der Waals surface area contributed by atoms with Gasteiger partial charge in [-0.05, 0) is 29.8 Å². The molecule has 0 bridgehead atoms. The fraction of sp³-hybridized carbons (Fsp3) is 0.0909. The Balaban J connectivity index is 1.67. The van der Waals surface area contributed by atoms with Crippen LogP contribution in [0.15, 0.2) is 66.7 Å². The van der Waals surface area contributed by atoms with Gasteiger partial charge in [0.2, 0.25) is 6.41 Å². The molecule has 0 heterocycles. The van der Waals surface area contributed by atoms with E-state index in [1.807, 2.05) is 30.3 Å². The standard InChI is InChI=1S/C22H19ClN2O4/c23-16-11-19(21(27)20(12-16)24-14-26)22(28)25-17-7-4-8-18(13-17)29-10-9-15-5-2-1-3-6-15/h1-8,11-14,27H,9-10H2,(H,24,26)(H,25,28). The number of nitrogens with one attached hydrogen (secondary N) is 2. The van der Waals surface area contributed by atoms with Crippen LogP contribution in [0.3, 0.4) is 0 Å². The number of amides is 2. The Hall–Kier alpha value is -3.51. The molecule has 0 aromatic heterocycles. The number of phenolic OH excluding ortho intramolecular Hbond substituents is 1. The van der Waals surface area contributed by atoms with Crippen molar-refractivity contribution >= 4 is 35.3 Å². The molecule has 3 aromatic carbocycles. The number of halogens is 1. The van der Waals surface area contributed by atoms with Crippen molar-refractivity contribution in [3.8, 4) is 11.5 Å². The predicted octanol–water partition coefficient (Wildman–Crippen LogP) is 4.49. The zero-order valence-corrected chi connectivity index (χ0v) is 16.1. The Labute approximate surface area is 173 Å². The first-order valence-electron chi connectivity index (χ1n) is 8.87. The van der Waals surface area contributed by atoms with Gasteiger partial charge in [0, 0.05) is 23.2 Å². The van der Waals surface area contributed by atoms with Gasteiger partial charge < -0.3 is 20.5 Å². The minimum absolute atomic E-state index is 0.0515. The molecule has 0 unspecified atom stereocenters. The molecular formula is C22H19ClN2O4. The van der Waals surface area contributed by atoms with E-state index in [0.717, 1.165) is 6.42 Å². The molecule has 2 amide bonds. The maximum Gasteiger partial charge on any atom is 0.259 e. The van der Waals surface area contributed by atoms with Crippen LogP contribution in [0.5, 0.6) is 11.5 Å². The summed E-state index contributed by atoms with van der Waals surface area (Å²) in [6, 6.07) is 19.6. The highest BCUT2D eigenvalue weighted by Gasteiger charge is 2.16. The van der Waals surface area contributed by atoms with Crippen LogP contribution in [0.25, 0.3) is 0 Å². The van der Waals surface area contributed by atoms with Crippen molar-refractivity contribution in [1.82, 2.24) is 0 Å². The van der Waals surface area contributed by atoms with E-state index < -0.39 is 5.91 Å². The first-order valence-corrected chi connectivity index (χ1v) is 9.25. The lowest BCUT2D eigenvalue weighted by Gasteiger charge is -2.12. The molecule has 148 valence electrons. The van der Waals surface area contributed by atoms with E-state index in [1.165, 1.54) is 17.7 Å². The third kappa shape index (κ3) is 5.49. The number of carbonyl (C=O) groups excluding carboxylic acids is 2. The van der Waals surface area contributed by atoms with Crippen LogP contribution in [0.2, 0.25) is 5.02 Å². The highest BCUT2D eigenvalue weighted by molar-refractivity contribution is 6.31. The van der Waals surface area contributed by atoms with Crippen LogP contribution < -0.4 is 15.4 Å². The zero-order valence-electron chi connectivity index (χ0n) is 15.4. The van der Waals surface area contributed by atoms with E-state index in [9.17, 15) is 14.7 Å². The maximum atomic E-state index is 12.6. The minimum atomic E-state index is -0.569. The average molecular weight is 411 g/mol. The van der Waals surface area contributed by atoms with Gasteiger partial charge in [-0.15, -0.1) is 0 Å². The Morgan fingerprint density at radius 2 is 1.86 bits per heavy atom. The number of hydrogen-bond donors (Lipinski definition) is 3. The van der Waals surface area contributed by atoms with Gasteiger partial charge in [0.25, 0.3) is 5.91 Å². The normalized spacial score (nSPS) is 10.2. The second kappa shape index (κ2) is 9.61. The van der Waals surface area contributed by atoms with Gasteiger partial charge in [-0.1, -0.05) is 48.0 Å². The number of rotatable bonds is 8. The molecule has 3 N–H and O–H groups in total. The summed E-state index contributed by atoms with van der Waals surface area (Å²) in [6.45, 7) is 0.497. The molecule has 0 spiro atoms. The Morgan fingerprint density at radius 3 is 2.62 bits per heavy atom. The number of hydrogen-bond acceptors (Lipinski definition) is 4. The van der Waals surface area contributed by atoms with Crippen LogP contribution in [-0.2, 0) is 11.2 Å².